The first-order valence-corrected chi connectivity index (χ1v) is 9.87. The summed E-state index contributed by atoms with van der Waals surface area (Å²) in [5.74, 6) is -1.99. The zero-order valence-corrected chi connectivity index (χ0v) is 16.8. The van der Waals surface area contributed by atoms with E-state index in [9.17, 15) is 19.8 Å². The minimum atomic E-state index is -1.35. The number of carboxylic acid groups (broad SMARTS) is 1. The molecule has 0 aromatic heterocycles. The van der Waals surface area contributed by atoms with Gasteiger partial charge in [0.2, 0.25) is 0 Å². The van der Waals surface area contributed by atoms with E-state index in [0.717, 1.165) is 11.8 Å². The molecule has 1 heterocycles. The van der Waals surface area contributed by atoms with Crippen molar-refractivity contribution >= 4 is 40.5 Å². The number of carbonyl (C=O) groups excluding carboxylic acids is 2. The van der Waals surface area contributed by atoms with E-state index in [1.807, 2.05) is 18.2 Å². The van der Waals surface area contributed by atoms with Crippen molar-refractivity contribution in [3.8, 4) is 5.75 Å². The van der Waals surface area contributed by atoms with Gasteiger partial charge in [0.25, 0.3) is 0 Å². The number of carbonyl (C=O) groups is 2. The standard InChI is InChI=1S/C22H19NO6S/c1-2-28-22(27)19-20(26)17(30-21(19)23-15-9-4-3-5-10-15)12-14-8-6-7-11-16(14)29-13-18(24)25/h3-12,26H,2,13H2,1H3,(H,24,25)/p-1/b17-12+,23-21?. The van der Waals surface area contributed by atoms with Gasteiger partial charge in [-0.15, -0.1) is 0 Å². The van der Waals surface area contributed by atoms with E-state index in [-0.39, 0.29) is 17.9 Å². The average molecular weight is 424 g/mol. The van der Waals surface area contributed by atoms with Crippen LogP contribution in [0.25, 0.3) is 6.08 Å². The maximum absolute atomic E-state index is 12.4. The Morgan fingerprint density at radius 2 is 1.83 bits per heavy atom. The van der Waals surface area contributed by atoms with Gasteiger partial charge >= 0.3 is 5.97 Å². The topological polar surface area (TPSA) is 108 Å². The van der Waals surface area contributed by atoms with E-state index in [2.05, 4.69) is 4.99 Å². The Morgan fingerprint density at radius 3 is 2.53 bits per heavy atom. The van der Waals surface area contributed by atoms with Gasteiger partial charge < -0.3 is 24.5 Å². The van der Waals surface area contributed by atoms with Crippen LogP contribution in [-0.2, 0) is 14.3 Å². The number of aliphatic imine (C=N–C) groups is 1. The fraction of sp³-hybridized carbons (Fsp3) is 0.136. The Kier molecular flexibility index (Phi) is 6.92. The summed E-state index contributed by atoms with van der Waals surface area (Å²) in [6.07, 6.45) is 1.59. The molecule has 3 rings (SSSR count). The second-order valence-electron chi connectivity index (χ2n) is 6.01. The maximum atomic E-state index is 12.4. The average Bonchev–Trinajstić information content (AvgIpc) is 3.03. The van der Waals surface area contributed by atoms with E-state index in [1.165, 1.54) is 0 Å². The van der Waals surface area contributed by atoms with E-state index < -0.39 is 18.5 Å². The van der Waals surface area contributed by atoms with Crippen molar-refractivity contribution in [2.45, 2.75) is 6.92 Å². The van der Waals surface area contributed by atoms with Crippen LogP contribution in [0.4, 0.5) is 5.69 Å². The molecule has 2 aromatic carbocycles. The van der Waals surface area contributed by atoms with Gasteiger partial charge in [-0.2, -0.15) is 0 Å². The van der Waals surface area contributed by atoms with Crippen LogP contribution >= 0.6 is 11.8 Å². The third kappa shape index (κ3) is 5.09. The van der Waals surface area contributed by atoms with Crippen LogP contribution in [0, 0.1) is 0 Å². The number of para-hydroxylation sites is 2. The van der Waals surface area contributed by atoms with Crippen molar-refractivity contribution in [3.05, 3.63) is 76.4 Å². The molecule has 0 saturated carbocycles. The zero-order valence-electron chi connectivity index (χ0n) is 16.0. The second kappa shape index (κ2) is 9.80. The van der Waals surface area contributed by atoms with Gasteiger partial charge in [-0.1, -0.05) is 48.2 Å². The summed E-state index contributed by atoms with van der Waals surface area (Å²) in [7, 11) is 0. The van der Waals surface area contributed by atoms with Crippen LogP contribution in [0.3, 0.4) is 0 Å². The summed E-state index contributed by atoms with van der Waals surface area (Å²) >= 11 is 1.11. The molecule has 0 unspecified atom stereocenters. The number of esters is 1. The number of carboxylic acids is 1. The highest BCUT2D eigenvalue weighted by Crippen LogP contribution is 2.41. The largest absolute Gasteiger partial charge is 0.546 e. The predicted molar refractivity (Wildman–Crippen MR) is 112 cm³/mol. The molecule has 1 N–H and O–H groups in total. The number of aliphatic hydroxyl groups excluding tert-OH is 1. The molecule has 0 atom stereocenters. The Labute approximate surface area is 177 Å². The number of aliphatic hydroxyl groups is 1. The number of hydrogen-bond acceptors (Lipinski definition) is 8. The number of aliphatic carboxylic acids is 1. The fourth-order valence-electron chi connectivity index (χ4n) is 2.62. The Balaban J connectivity index is 2.01. The Bertz CT molecular complexity index is 1040. The van der Waals surface area contributed by atoms with Gasteiger partial charge in [-0.3, -0.25) is 0 Å². The number of ether oxygens (including phenoxy) is 2. The van der Waals surface area contributed by atoms with Gasteiger partial charge in [-0.25, -0.2) is 9.79 Å². The Hall–Kier alpha value is -3.52. The van der Waals surface area contributed by atoms with Gasteiger partial charge in [0.1, 0.15) is 28.7 Å². The Morgan fingerprint density at radius 1 is 1.13 bits per heavy atom. The molecule has 0 spiro atoms. The summed E-state index contributed by atoms with van der Waals surface area (Å²) < 4.78 is 10.3. The lowest BCUT2D eigenvalue weighted by molar-refractivity contribution is -0.307. The molecule has 1 aliphatic rings. The first kappa shape index (κ1) is 21.2. The number of benzene rings is 2. The molecule has 2 aromatic rings. The van der Waals surface area contributed by atoms with Crippen LogP contribution in [0.2, 0.25) is 0 Å². The molecular formula is C22H18NO6S-. The minimum absolute atomic E-state index is 0.0231. The number of hydrogen-bond donors (Lipinski definition) is 1. The first-order chi connectivity index (χ1) is 14.5. The maximum Gasteiger partial charge on any atom is 0.344 e. The number of rotatable bonds is 7. The summed E-state index contributed by atoms with van der Waals surface area (Å²) in [6, 6.07) is 15.8. The molecule has 0 fully saturated rings. The van der Waals surface area contributed by atoms with Crippen molar-refractivity contribution in [2.24, 2.45) is 4.99 Å². The lowest BCUT2D eigenvalue weighted by atomic mass is 10.1. The monoisotopic (exact) mass is 424 g/mol. The van der Waals surface area contributed by atoms with Crippen molar-refractivity contribution in [3.63, 3.8) is 0 Å². The highest BCUT2D eigenvalue weighted by atomic mass is 32.2. The van der Waals surface area contributed by atoms with Crippen LogP contribution in [-0.4, -0.2) is 35.3 Å². The van der Waals surface area contributed by atoms with Gasteiger partial charge in [0.15, 0.2) is 0 Å². The minimum Gasteiger partial charge on any atom is -0.546 e. The molecule has 0 radical (unpaired) electrons. The van der Waals surface area contributed by atoms with E-state index >= 15 is 0 Å². The lowest BCUT2D eigenvalue weighted by Gasteiger charge is -2.10. The van der Waals surface area contributed by atoms with Crippen molar-refractivity contribution in [2.75, 3.05) is 13.2 Å². The second-order valence-corrected chi connectivity index (χ2v) is 7.04. The van der Waals surface area contributed by atoms with Crippen LogP contribution in [0.1, 0.15) is 12.5 Å². The molecule has 8 heteroatoms. The third-order valence-electron chi connectivity index (χ3n) is 3.91. The molecule has 1 aliphatic heterocycles. The SMILES string of the molecule is CCOC(=O)C1=C(O)/C(=C\c2ccccc2OCC(=O)[O-])SC1=Nc1ccccc1. The number of nitrogens with zero attached hydrogens (tertiary/aromatic N) is 1. The summed E-state index contributed by atoms with van der Waals surface area (Å²) in [5.41, 5.74) is 1.12. The quantitative estimate of drug-likeness (QED) is 0.681. The molecule has 0 bridgehead atoms. The fourth-order valence-corrected chi connectivity index (χ4v) is 3.65. The molecule has 154 valence electrons. The molecule has 0 saturated heterocycles. The molecule has 0 aliphatic carbocycles. The van der Waals surface area contributed by atoms with E-state index in [4.69, 9.17) is 9.47 Å². The van der Waals surface area contributed by atoms with Crippen molar-refractivity contribution < 1.29 is 29.3 Å². The number of thioether (sulfide) groups is 1. The molecule has 30 heavy (non-hydrogen) atoms. The molecule has 7 nitrogen and oxygen atoms in total. The first-order valence-electron chi connectivity index (χ1n) is 9.05. The molecular weight excluding hydrogens is 406 g/mol. The molecule has 0 amide bonds. The summed E-state index contributed by atoms with van der Waals surface area (Å²) in [5, 5.41) is 21.7. The zero-order chi connectivity index (χ0) is 21.5. The van der Waals surface area contributed by atoms with Gasteiger partial charge in [-0.05, 0) is 31.2 Å². The van der Waals surface area contributed by atoms with Crippen LogP contribution < -0.4 is 9.84 Å². The normalized spacial score (nSPS) is 16.2. The smallest absolute Gasteiger partial charge is 0.344 e. The highest BCUT2D eigenvalue weighted by molar-refractivity contribution is 8.18. The van der Waals surface area contributed by atoms with E-state index in [1.54, 1.807) is 49.4 Å². The summed E-state index contributed by atoms with van der Waals surface area (Å²) in [6.45, 7) is 1.22. The van der Waals surface area contributed by atoms with E-state index in [0.29, 0.717) is 26.9 Å². The van der Waals surface area contributed by atoms with Crippen LogP contribution in [0.15, 0.2) is 75.8 Å². The van der Waals surface area contributed by atoms with Crippen molar-refractivity contribution in [1.82, 2.24) is 0 Å². The van der Waals surface area contributed by atoms with Crippen LogP contribution in [0.5, 0.6) is 5.75 Å². The van der Waals surface area contributed by atoms with Gasteiger partial charge in [0.05, 0.1) is 23.2 Å². The summed E-state index contributed by atoms with van der Waals surface area (Å²) in [4.78, 5) is 28.0. The van der Waals surface area contributed by atoms with Gasteiger partial charge in [0, 0.05) is 5.56 Å². The highest BCUT2D eigenvalue weighted by Gasteiger charge is 2.33. The lowest BCUT2D eigenvalue weighted by Crippen LogP contribution is -2.29. The predicted octanol–water partition coefficient (Wildman–Crippen LogP) is 3.01. The third-order valence-corrected chi connectivity index (χ3v) is 4.93. The van der Waals surface area contributed by atoms with Crippen molar-refractivity contribution in [1.29, 1.82) is 0 Å².